The molecule has 2 aliphatic rings. The molecule has 0 saturated carbocycles. The molecule has 2 fully saturated rings. The Morgan fingerprint density at radius 1 is 1.24 bits per heavy atom. The summed E-state index contributed by atoms with van der Waals surface area (Å²) in [6.45, 7) is 10.2. The Hall–Kier alpha value is -0.120. The molecule has 0 bridgehead atoms. The van der Waals surface area contributed by atoms with Gasteiger partial charge in [0.25, 0.3) is 0 Å². The predicted octanol–water partition coefficient (Wildman–Crippen LogP) is 1.88. The maximum absolute atomic E-state index is 5.59. The van der Waals surface area contributed by atoms with E-state index in [1.807, 2.05) is 0 Å². The zero-order chi connectivity index (χ0) is 12.1. The fraction of sp³-hybridized carbons (Fsp3) is 1.00. The lowest BCUT2D eigenvalue weighted by Crippen LogP contribution is -2.44. The smallest absolute Gasteiger partial charge is 0.0506 e. The number of ether oxygens (including phenoxy) is 1. The second-order valence-corrected chi connectivity index (χ2v) is 5.92. The lowest BCUT2D eigenvalue weighted by molar-refractivity contribution is 0.0320. The first-order valence-electron chi connectivity index (χ1n) is 7.31. The Morgan fingerprint density at radius 3 is 2.71 bits per heavy atom. The molecule has 0 aromatic rings. The SMILES string of the molecule is CC(C)N(CC1CCCOC1)CC1CCCN1. The maximum atomic E-state index is 5.59. The molecule has 0 spiro atoms. The van der Waals surface area contributed by atoms with E-state index in [4.69, 9.17) is 4.74 Å². The van der Waals surface area contributed by atoms with Gasteiger partial charge in [0.05, 0.1) is 6.61 Å². The summed E-state index contributed by atoms with van der Waals surface area (Å²) in [7, 11) is 0. The standard InChI is InChI=1S/C14H28N2O/c1-12(2)16(10-14-6-3-7-15-14)9-13-5-4-8-17-11-13/h12-15H,3-11H2,1-2H3. The second-order valence-electron chi connectivity index (χ2n) is 5.92. The summed E-state index contributed by atoms with van der Waals surface area (Å²) in [4.78, 5) is 2.64. The first-order chi connectivity index (χ1) is 8.25. The van der Waals surface area contributed by atoms with E-state index in [1.54, 1.807) is 0 Å². The Balaban J connectivity index is 1.78. The van der Waals surface area contributed by atoms with Gasteiger partial charge in [0.2, 0.25) is 0 Å². The van der Waals surface area contributed by atoms with Crippen LogP contribution in [0.25, 0.3) is 0 Å². The molecule has 0 aliphatic carbocycles. The molecule has 0 amide bonds. The van der Waals surface area contributed by atoms with Crippen molar-refractivity contribution in [2.75, 3.05) is 32.8 Å². The van der Waals surface area contributed by atoms with E-state index < -0.39 is 0 Å². The molecule has 0 aromatic carbocycles. The van der Waals surface area contributed by atoms with Gasteiger partial charge in [0.15, 0.2) is 0 Å². The molecule has 2 rings (SSSR count). The molecule has 2 heterocycles. The molecular formula is C14H28N2O. The van der Waals surface area contributed by atoms with Crippen LogP contribution in [0.4, 0.5) is 0 Å². The van der Waals surface area contributed by atoms with E-state index in [0.29, 0.717) is 6.04 Å². The van der Waals surface area contributed by atoms with Crippen LogP contribution in [0.5, 0.6) is 0 Å². The Morgan fingerprint density at radius 2 is 2.12 bits per heavy atom. The summed E-state index contributed by atoms with van der Waals surface area (Å²) in [5.41, 5.74) is 0. The molecule has 2 unspecified atom stereocenters. The normalized spacial score (nSPS) is 30.4. The van der Waals surface area contributed by atoms with E-state index in [2.05, 4.69) is 24.1 Å². The minimum absolute atomic E-state index is 0.652. The van der Waals surface area contributed by atoms with Crippen LogP contribution in [-0.2, 0) is 4.74 Å². The van der Waals surface area contributed by atoms with E-state index in [0.717, 1.165) is 25.2 Å². The van der Waals surface area contributed by atoms with Crippen molar-refractivity contribution in [3.63, 3.8) is 0 Å². The fourth-order valence-corrected chi connectivity index (χ4v) is 2.97. The summed E-state index contributed by atoms with van der Waals surface area (Å²) in [5, 5.41) is 3.61. The predicted molar refractivity (Wildman–Crippen MR) is 71.3 cm³/mol. The average molecular weight is 240 g/mol. The molecule has 3 heteroatoms. The lowest BCUT2D eigenvalue weighted by atomic mass is 10.0. The largest absolute Gasteiger partial charge is 0.381 e. The highest BCUT2D eigenvalue weighted by molar-refractivity contribution is 4.81. The van der Waals surface area contributed by atoms with Gasteiger partial charge in [-0.3, -0.25) is 4.90 Å². The van der Waals surface area contributed by atoms with E-state index in [1.165, 1.54) is 45.3 Å². The van der Waals surface area contributed by atoms with Crippen molar-refractivity contribution >= 4 is 0 Å². The van der Waals surface area contributed by atoms with E-state index in [9.17, 15) is 0 Å². The monoisotopic (exact) mass is 240 g/mol. The van der Waals surface area contributed by atoms with Crippen molar-refractivity contribution in [1.82, 2.24) is 10.2 Å². The summed E-state index contributed by atoms with van der Waals surface area (Å²) in [6, 6.07) is 1.38. The zero-order valence-electron chi connectivity index (χ0n) is 11.5. The minimum atomic E-state index is 0.652. The fourth-order valence-electron chi connectivity index (χ4n) is 2.97. The van der Waals surface area contributed by atoms with E-state index >= 15 is 0 Å². The van der Waals surface area contributed by atoms with E-state index in [-0.39, 0.29) is 0 Å². The van der Waals surface area contributed by atoms with Crippen LogP contribution < -0.4 is 5.32 Å². The summed E-state index contributed by atoms with van der Waals surface area (Å²) < 4.78 is 5.59. The molecule has 100 valence electrons. The molecular weight excluding hydrogens is 212 g/mol. The summed E-state index contributed by atoms with van der Waals surface area (Å²) >= 11 is 0. The van der Waals surface area contributed by atoms with Gasteiger partial charge < -0.3 is 10.1 Å². The van der Waals surface area contributed by atoms with Crippen molar-refractivity contribution < 1.29 is 4.74 Å². The third-order valence-electron chi connectivity index (χ3n) is 4.09. The van der Waals surface area contributed by atoms with Crippen LogP contribution in [-0.4, -0.2) is 49.8 Å². The molecule has 1 N–H and O–H groups in total. The highest BCUT2D eigenvalue weighted by Crippen LogP contribution is 2.17. The van der Waals surface area contributed by atoms with Gasteiger partial charge in [-0.05, 0) is 52.0 Å². The van der Waals surface area contributed by atoms with Crippen molar-refractivity contribution in [2.24, 2.45) is 5.92 Å². The van der Waals surface area contributed by atoms with Gasteiger partial charge >= 0.3 is 0 Å². The quantitative estimate of drug-likeness (QED) is 0.794. The van der Waals surface area contributed by atoms with Crippen LogP contribution in [0.1, 0.15) is 39.5 Å². The molecule has 17 heavy (non-hydrogen) atoms. The Bertz CT molecular complexity index is 208. The van der Waals surface area contributed by atoms with Crippen molar-refractivity contribution in [3.8, 4) is 0 Å². The van der Waals surface area contributed by atoms with Gasteiger partial charge in [-0.1, -0.05) is 0 Å². The second kappa shape index (κ2) is 6.72. The highest BCUT2D eigenvalue weighted by Gasteiger charge is 2.23. The Kier molecular flexibility index (Phi) is 5.26. The lowest BCUT2D eigenvalue weighted by Gasteiger charge is -2.34. The first kappa shape index (κ1) is 13.3. The van der Waals surface area contributed by atoms with Crippen LogP contribution in [0.3, 0.4) is 0 Å². The number of hydrogen-bond donors (Lipinski definition) is 1. The van der Waals surface area contributed by atoms with Gasteiger partial charge in [0, 0.05) is 31.8 Å². The molecule has 2 atom stereocenters. The Labute approximate surface area is 106 Å². The number of rotatable bonds is 5. The van der Waals surface area contributed by atoms with Crippen LogP contribution in [0, 0.1) is 5.92 Å². The first-order valence-corrected chi connectivity index (χ1v) is 7.31. The molecule has 0 radical (unpaired) electrons. The third-order valence-corrected chi connectivity index (χ3v) is 4.09. The average Bonchev–Trinajstić information content (AvgIpc) is 2.82. The van der Waals surface area contributed by atoms with Gasteiger partial charge in [-0.2, -0.15) is 0 Å². The van der Waals surface area contributed by atoms with Crippen molar-refractivity contribution in [3.05, 3.63) is 0 Å². The molecule has 0 aromatic heterocycles. The van der Waals surface area contributed by atoms with Crippen LogP contribution in [0.2, 0.25) is 0 Å². The van der Waals surface area contributed by atoms with Crippen molar-refractivity contribution in [1.29, 1.82) is 0 Å². The topological polar surface area (TPSA) is 24.5 Å². The molecule has 2 aliphatic heterocycles. The van der Waals surface area contributed by atoms with Gasteiger partial charge in [0.1, 0.15) is 0 Å². The third kappa shape index (κ3) is 4.23. The van der Waals surface area contributed by atoms with Gasteiger partial charge in [-0.25, -0.2) is 0 Å². The zero-order valence-corrected chi connectivity index (χ0v) is 11.5. The van der Waals surface area contributed by atoms with Gasteiger partial charge in [-0.15, -0.1) is 0 Å². The number of hydrogen-bond acceptors (Lipinski definition) is 3. The molecule has 3 nitrogen and oxygen atoms in total. The summed E-state index contributed by atoms with van der Waals surface area (Å²) in [5.74, 6) is 0.757. The number of nitrogens with one attached hydrogen (secondary N) is 1. The van der Waals surface area contributed by atoms with Crippen molar-refractivity contribution in [2.45, 2.75) is 51.6 Å². The van der Waals surface area contributed by atoms with Crippen LogP contribution >= 0.6 is 0 Å². The highest BCUT2D eigenvalue weighted by atomic mass is 16.5. The minimum Gasteiger partial charge on any atom is -0.381 e. The van der Waals surface area contributed by atoms with Crippen LogP contribution in [0.15, 0.2) is 0 Å². The summed E-state index contributed by atoms with van der Waals surface area (Å²) in [6.07, 6.45) is 5.30. The molecule has 2 saturated heterocycles. The number of nitrogens with zero attached hydrogens (tertiary/aromatic N) is 1. The maximum Gasteiger partial charge on any atom is 0.0506 e.